The minimum Gasteiger partial charge on any atom is -0.508 e. The Morgan fingerprint density at radius 1 is 1.06 bits per heavy atom. The van der Waals surface area contributed by atoms with E-state index >= 15 is 0 Å². The Morgan fingerprint density at radius 2 is 1.72 bits per heavy atom. The lowest BCUT2D eigenvalue weighted by atomic mass is 10.0. The van der Waals surface area contributed by atoms with Crippen molar-refractivity contribution in [2.75, 3.05) is 0 Å². The Kier molecular flexibility index (Phi) is 3.25. The molecule has 2 aromatic rings. The quantitative estimate of drug-likeness (QED) is 0.642. The summed E-state index contributed by atoms with van der Waals surface area (Å²) in [6, 6.07) is 11.9. The molecule has 0 saturated heterocycles. The van der Waals surface area contributed by atoms with Crippen LogP contribution in [0, 0.1) is 10.1 Å². The molecule has 0 radical (unpaired) electrons. The molecule has 0 aromatic heterocycles. The molecule has 0 aliphatic carbocycles. The normalized spacial score (nSPS) is 12.1. The van der Waals surface area contributed by atoms with Crippen molar-refractivity contribution in [1.29, 1.82) is 0 Å². The van der Waals surface area contributed by atoms with Gasteiger partial charge in [0.15, 0.2) is 0 Å². The van der Waals surface area contributed by atoms with Crippen LogP contribution >= 0.6 is 0 Å². The molecule has 18 heavy (non-hydrogen) atoms. The largest absolute Gasteiger partial charge is 0.508 e. The van der Waals surface area contributed by atoms with Crippen molar-refractivity contribution in [3.05, 3.63) is 69.8 Å². The van der Waals surface area contributed by atoms with Gasteiger partial charge in [-0.2, -0.15) is 0 Å². The van der Waals surface area contributed by atoms with Crippen molar-refractivity contribution in [2.45, 2.75) is 6.10 Å². The van der Waals surface area contributed by atoms with Gasteiger partial charge in [0.2, 0.25) is 0 Å². The van der Waals surface area contributed by atoms with Gasteiger partial charge in [-0.25, -0.2) is 0 Å². The van der Waals surface area contributed by atoms with E-state index in [1.807, 2.05) is 0 Å². The number of phenols is 1. The molecular weight excluding hydrogens is 234 g/mol. The fourth-order valence-electron chi connectivity index (χ4n) is 1.66. The number of nitrogens with zero attached hydrogens (tertiary/aromatic N) is 1. The summed E-state index contributed by atoms with van der Waals surface area (Å²) < 4.78 is 0. The SMILES string of the molecule is O=[N+]([O-])c1cccc(C(O)c2ccc(O)cc2)c1. The molecule has 0 fully saturated rings. The lowest BCUT2D eigenvalue weighted by molar-refractivity contribution is -0.385. The minimum atomic E-state index is -0.953. The Bertz CT molecular complexity index is 565. The molecular formula is C13H11NO4. The first-order valence-electron chi connectivity index (χ1n) is 5.29. The number of aliphatic hydroxyl groups excluding tert-OH is 1. The Morgan fingerprint density at radius 3 is 2.33 bits per heavy atom. The van der Waals surface area contributed by atoms with Crippen LogP contribution in [0.5, 0.6) is 5.75 Å². The smallest absolute Gasteiger partial charge is 0.269 e. The zero-order valence-electron chi connectivity index (χ0n) is 9.35. The monoisotopic (exact) mass is 245 g/mol. The molecule has 2 N–H and O–H groups in total. The van der Waals surface area contributed by atoms with E-state index in [2.05, 4.69) is 0 Å². The van der Waals surface area contributed by atoms with Gasteiger partial charge in [-0.1, -0.05) is 24.3 Å². The van der Waals surface area contributed by atoms with Crippen molar-refractivity contribution in [3.8, 4) is 5.75 Å². The zero-order valence-corrected chi connectivity index (χ0v) is 9.35. The maximum absolute atomic E-state index is 10.6. The van der Waals surface area contributed by atoms with Crippen molar-refractivity contribution < 1.29 is 15.1 Å². The number of benzene rings is 2. The molecule has 2 rings (SSSR count). The number of aliphatic hydroxyl groups is 1. The van der Waals surface area contributed by atoms with E-state index in [0.717, 1.165) is 0 Å². The number of nitro groups is 1. The molecule has 0 aliphatic rings. The summed E-state index contributed by atoms with van der Waals surface area (Å²) in [4.78, 5) is 10.1. The van der Waals surface area contributed by atoms with Gasteiger partial charge >= 0.3 is 0 Å². The van der Waals surface area contributed by atoms with Gasteiger partial charge in [-0.3, -0.25) is 10.1 Å². The topological polar surface area (TPSA) is 83.6 Å². The lowest BCUT2D eigenvalue weighted by Crippen LogP contribution is -2.00. The van der Waals surface area contributed by atoms with E-state index in [1.165, 1.54) is 30.3 Å². The first-order chi connectivity index (χ1) is 8.58. The summed E-state index contributed by atoms with van der Waals surface area (Å²) in [6.45, 7) is 0. The highest BCUT2D eigenvalue weighted by Gasteiger charge is 2.14. The van der Waals surface area contributed by atoms with Crippen molar-refractivity contribution in [2.24, 2.45) is 0 Å². The third-order valence-electron chi connectivity index (χ3n) is 2.61. The van der Waals surface area contributed by atoms with Gasteiger partial charge in [-0.05, 0) is 23.3 Å². The first-order valence-corrected chi connectivity index (χ1v) is 5.29. The van der Waals surface area contributed by atoms with Crippen LogP contribution in [0.25, 0.3) is 0 Å². The summed E-state index contributed by atoms with van der Waals surface area (Å²) in [7, 11) is 0. The number of aromatic hydroxyl groups is 1. The fraction of sp³-hybridized carbons (Fsp3) is 0.0769. The third kappa shape index (κ3) is 2.46. The van der Waals surface area contributed by atoms with E-state index in [9.17, 15) is 15.2 Å². The van der Waals surface area contributed by atoms with Crippen LogP contribution < -0.4 is 0 Å². The summed E-state index contributed by atoms with van der Waals surface area (Å²) >= 11 is 0. The molecule has 5 heteroatoms. The van der Waals surface area contributed by atoms with Gasteiger partial charge in [-0.15, -0.1) is 0 Å². The van der Waals surface area contributed by atoms with Gasteiger partial charge in [0.1, 0.15) is 11.9 Å². The van der Waals surface area contributed by atoms with Crippen LogP contribution in [0.3, 0.4) is 0 Å². The van der Waals surface area contributed by atoms with Crippen LogP contribution in [0.15, 0.2) is 48.5 Å². The van der Waals surface area contributed by atoms with Gasteiger partial charge in [0.25, 0.3) is 5.69 Å². The predicted octanol–water partition coefficient (Wildman–Crippen LogP) is 2.38. The second-order valence-corrected chi connectivity index (χ2v) is 3.85. The number of non-ortho nitro benzene ring substituents is 1. The van der Waals surface area contributed by atoms with E-state index in [-0.39, 0.29) is 11.4 Å². The lowest BCUT2D eigenvalue weighted by Gasteiger charge is -2.11. The van der Waals surface area contributed by atoms with Gasteiger partial charge in [0, 0.05) is 12.1 Å². The maximum Gasteiger partial charge on any atom is 0.269 e. The molecule has 5 nitrogen and oxygen atoms in total. The Labute approximate surface area is 103 Å². The summed E-state index contributed by atoms with van der Waals surface area (Å²) in [5, 5.41) is 29.9. The molecule has 0 aliphatic heterocycles. The highest BCUT2D eigenvalue weighted by Crippen LogP contribution is 2.26. The first kappa shape index (κ1) is 12.1. The van der Waals surface area contributed by atoms with Crippen molar-refractivity contribution in [1.82, 2.24) is 0 Å². The molecule has 0 heterocycles. The number of nitro benzene ring substituents is 1. The molecule has 0 spiro atoms. The van der Waals surface area contributed by atoms with Crippen LogP contribution in [0.4, 0.5) is 5.69 Å². The van der Waals surface area contributed by atoms with E-state index < -0.39 is 11.0 Å². The highest BCUT2D eigenvalue weighted by atomic mass is 16.6. The minimum absolute atomic E-state index is 0.0645. The molecule has 1 atom stereocenters. The van der Waals surface area contributed by atoms with Gasteiger partial charge < -0.3 is 10.2 Å². The van der Waals surface area contributed by atoms with Gasteiger partial charge in [0.05, 0.1) is 4.92 Å². The zero-order chi connectivity index (χ0) is 13.1. The van der Waals surface area contributed by atoms with Crippen LogP contribution in [0.1, 0.15) is 17.2 Å². The van der Waals surface area contributed by atoms with Crippen molar-refractivity contribution in [3.63, 3.8) is 0 Å². The second kappa shape index (κ2) is 4.85. The summed E-state index contributed by atoms with van der Waals surface area (Å²) in [5.41, 5.74) is 0.938. The summed E-state index contributed by atoms with van der Waals surface area (Å²) in [6.07, 6.45) is -0.953. The second-order valence-electron chi connectivity index (χ2n) is 3.85. The van der Waals surface area contributed by atoms with E-state index in [4.69, 9.17) is 5.11 Å². The van der Waals surface area contributed by atoms with Crippen LogP contribution in [-0.2, 0) is 0 Å². The number of rotatable bonds is 3. The molecule has 2 aromatic carbocycles. The molecule has 0 saturated carbocycles. The fourth-order valence-corrected chi connectivity index (χ4v) is 1.66. The maximum atomic E-state index is 10.6. The highest BCUT2D eigenvalue weighted by molar-refractivity contribution is 5.39. The standard InChI is InChI=1S/C13H11NO4/c15-12-6-4-9(5-7-12)13(16)10-2-1-3-11(8-10)14(17)18/h1-8,13,15-16H. The Hall–Kier alpha value is -2.40. The Balaban J connectivity index is 2.33. The third-order valence-corrected chi connectivity index (χ3v) is 2.61. The number of hydrogen-bond donors (Lipinski definition) is 2. The number of phenolic OH excluding ortho intramolecular Hbond substituents is 1. The van der Waals surface area contributed by atoms with Crippen molar-refractivity contribution >= 4 is 5.69 Å². The van der Waals surface area contributed by atoms with Crippen LogP contribution in [-0.4, -0.2) is 15.1 Å². The number of hydrogen-bond acceptors (Lipinski definition) is 4. The molecule has 92 valence electrons. The van der Waals surface area contributed by atoms with Crippen LogP contribution in [0.2, 0.25) is 0 Å². The molecule has 1 unspecified atom stereocenters. The van der Waals surface area contributed by atoms with E-state index in [1.54, 1.807) is 18.2 Å². The molecule has 0 amide bonds. The predicted molar refractivity (Wildman–Crippen MR) is 65.3 cm³/mol. The average Bonchev–Trinajstić information content (AvgIpc) is 2.39. The van der Waals surface area contributed by atoms with E-state index in [0.29, 0.717) is 11.1 Å². The molecule has 0 bridgehead atoms. The summed E-state index contributed by atoms with van der Waals surface area (Å²) in [5.74, 6) is 0.102. The average molecular weight is 245 g/mol.